The van der Waals surface area contributed by atoms with E-state index in [0.29, 0.717) is 6.42 Å². The number of sulfonamides is 1. The normalized spacial score (nSPS) is 13.5. The van der Waals surface area contributed by atoms with E-state index < -0.39 is 15.8 Å². The summed E-state index contributed by atoms with van der Waals surface area (Å²) in [4.78, 5) is -0.0963. The van der Waals surface area contributed by atoms with Crippen molar-refractivity contribution in [2.24, 2.45) is 0 Å². The van der Waals surface area contributed by atoms with Crippen molar-refractivity contribution in [1.82, 2.24) is 4.72 Å². The molecular weight excluding hydrogens is 339 g/mol. The minimum atomic E-state index is -3.79. The van der Waals surface area contributed by atoms with Crippen molar-refractivity contribution >= 4 is 31.6 Å². The van der Waals surface area contributed by atoms with E-state index in [9.17, 15) is 12.8 Å². The zero-order chi connectivity index (χ0) is 14.6. The van der Waals surface area contributed by atoms with Gasteiger partial charge in [0.2, 0.25) is 10.0 Å². The van der Waals surface area contributed by atoms with E-state index in [1.807, 2.05) is 6.92 Å². The Bertz CT molecular complexity index is 551. The smallest absolute Gasteiger partial charge is 0.242 e. The maximum atomic E-state index is 13.2. The Morgan fingerprint density at radius 3 is 2.68 bits per heavy atom. The molecule has 0 aliphatic heterocycles. The number of hydrogen-bond donors (Lipinski definition) is 2. The molecular formula is C11H16BrFN2O3S. The minimum absolute atomic E-state index is 0.0963. The lowest BCUT2D eigenvalue weighted by Crippen LogP contribution is -2.37. The highest BCUT2D eigenvalue weighted by molar-refractivity contribution is 9.10. The molecule has 0 saturated carbocycles. The highest BCUT2D eigenvalue weighted by atomic mass is 79.9. The molecule has 0 radical (unpaired) electrons. The van der Waals surface area contributed by atoms with E-state index in [1.165, 1.54) is 7.11 Å². The van der Waals surface area contributed by atoms with Crippen molar-refractivity contribution in [2.75, 3.05) is 19.5 Å². The van der Waals surface area contributed by atoms with E-state index in [-0.39, 0.29) is 27.7 Å². The van der Waals surface area contributed by atoms with E-state index in [2.05, 4.69) is 20.7 Å². The zero-order valence-corrected chi connectivity index (χ0v) is 13.0. The van der Waals surface area contributed by atoms with Gasteiger partial charge in [0.05, 0.1) is 17.2 Å². The van der Waals surface area contributed by atoms with Gasteiger partial charge < -0.3 is 10.5 Å². The van der Waals surface area contributed by atoms with Crippen LogP contribution in [-0.2, 0) is 14.8 Å². The van der Waals surface area contributed by atoms with Crippen LogP contribution in [0, 0.1) is 5.82 Å². The number of nitrogens with one attached hydrogen (secondary N) is 1. The van der Waals surface area contributed by atoms with E-state index in [0.717, 1.165) is 12.1 Å². The first-order valence-electron chi connectivity index (χ1n) is 5.57. The van der Waals surface area contributed by atoms with Gasteiger partial charge in [-0.15, -0.1) is 0 Å². The molecule has 0 bridgehead atoms. The minimum Gasteiger partial charge on any atom is -0.396 e. The van der Waals surface area contributed by atoms with Crippen LogP contribution < -0.4 is 10.5 Å². The molecule has 0 fully saturated rings. The number of anilines is 1. The fourth-order valence-electron chi connectivity index (χ4n) is 1.47. The molecule has 1 aromatic rings. The third-order valence-electron chi connectivity index (χ3n) is 2.52. The highest BCUT2D eigenvalue weighted by Crippen LogP contribution is 2.26. The van der Waals surface area contributed by atoms with Crippen LogP contribution in [0.5, 0.6) is 0 Å². The molecule has 0 aliphatic rings. The third-order valence-corrected chi connectivity index (χ3v) is 5.00. The fourth-order valence-corrected chi connectivity index (χ4v) is 3.82. The Morgan fingerprint density at radius 2 is 2.16 bits per heavy atom. The lowest BCUT2D eigenvalue weighted by molar-refractivity contribution is 0.173. The summed E-state index contributed by atoms with van der Waals surface area (Å²) in [6.45, 7) is 2.09. The summed E-state index contributed by atoms with van der Waals surface area (Å²) < 4.78 is 45.1. The molecule has 3 N–H and O–H groups in total. The molecule has 8 heteroatoms. The van der Waals surface area contributed by atoms with Gasteiger partial charge in [-0.2, -0.15) is 0 Å². The summed E-state index contributed by atoms with van der Waals surface area (Å²) in [5, 5.41) is 0. The van der Waals surface area contributed by atoms with Crippen LogP contribution in [-0.4, -0.2) is 28.2 Å². The van der Waals surface area contributed by atoms with Crippen molar-refractivity contribution in [1.29, 1.82) is 0 Å². The van der Waals surface area contributed by atoms with Gasteiger partial charge >= 0.3 is 0 Å². The number of methoxy groups -OCH3 is 1. The topological polar surface area (TPSA) is 81.4 Å². The van der Waals surface area contributed by atoms with E-state index in [1.54, 1.807) is 0 Å². The van der Waals surface area contributed by atoms with E-state index in [4.69, 9.17) is 10.5 Å². The molecule has 0 aromatic heterocycles. The van der Waals surface area contributed by atoms with Gasteiger partial charge in [0.1, 0.15) is 5.82 Å². The largest absolute Gasteiger partial charge is 0.396 e. The molecule has 108 valence electrons. The first-order valence-corrected chi connectivity index (χ1v) is 7.85. The Balaban J connectivity index is 3.10. The fraction of sp³-hybridized carbons (Fsp3) is 0.455. The molecule has 1 rings (SSSR count). The third kappa shape index (κ3) is 4.13. The highest BCUT2D eigenvalue weighted by Gasteiger charge is 2.22. The number of halogens is 2. The maximum Gasteiger partial charge on any atom is 0.242 e. The second kappa shape index (κ2) is 6.65. The molecule has 0 spiro atoms. The molecule has 1 atom stereocenters. The number of nitrogen functional groups attached to an aromatic ring is 1. The summed E-state index contributed by atoms with van der Waals surface area (Å²) in [7, 11) is -2.30. The van der Waals surface area contributed by atoms with Gasteiger partial charge in [-0.25, -0.2) is 17.5 Å². The summed E-state index contributed by atoms with van der Waals surface area (Å²) >= 11 is 3.02. The molecule has 0 heterocycles. The lowest BCUT2D eigenvalue weighted by Gasteiger charge is -2.17. The number of hydrogen-bond acceptors (Lipinski definition) is 4. The second-order valence-corrected chi connectivity index (χ2v) is 6.52. The van der Waals surface area contributed by atoms with Crippen LogP contribution in [0.15, 0.2) is 21.5 Å². The summed E-state index contributed by atoms with van der Waals surface area (Å²) in [6.07, 6.45) is 0.571. The molecule has 19 heavy (non-hydrogen) atoms. The number of benzene rings is 1. The van der Waals surface area contributed by atoms with Gasteiger partial charge in [-0.3, -0.25) is 0 Å². The molecule has 0 amide bonds. The van der Waals surface area contributed by atoms with Crippen LogP contribution in [0.4, 0.5) is 10.1 Å². The van der Waals surface area contributed by atoms with Crippen molar-refractivity contribution < 1.29 is 17.5 Å². The number of nitrogens with two attached hydrogens (primary N) is 1. The maximum absolute atomic E-state index is 13.2. The lowest BCUT2D eigenvalue weighted by atomic mass is 10.3. The quantitative estimate of drug-likeness (QED) is 0.764. The molecule has 0 saturated heterocycles. The van der Waals surface area contributed by atoms with Gasteiger partial charge in [0, 0.05) is 17.6 Å². The standard InChI is InChI=1S/C11H16BrFN2O3S/c1-3-7(6-18-2)15-19(16,17)11-5-10(14)9(13)4-8(11)12/h4-5,7,15H,3,6,14H2,1-2H3. The Kier molecular flexibility index (Phi) is 5.72. The van der Waals surface area contributed by atoms with Crippen molar-refractivity contribution in [3.63, 3.8) is 0 Å². The predicted octanol–water partition coefficient (Wildman–Crippen LogP) is 1.87. The SMILES string of the molecule is CCC(COC)NS(=O)(=O)c1cc(N)c(F)cc1Br. The second-order valence-electron chi connectivity index (χ2n) is 3.99. The average Bonchev–Trinajstić information content (AvgIpc) is 2.32. The van der Waals surface area contributed by atoms with Crippen LogP contribution in [0.25, 0.3) is 0 Å². The average molecular weight is 355 g/mol. The first-order chi connectivity index (χ1) is 8.81. The van der Waals surface area contributed by atoms with Crippen molar-refractivity contribution in [3.05, 3.63) is 22.4 Å². The summed E-state index contributed by atoms with van der Waals surface area (Å²) in [6, 6.07) is 1.76. The van der Waals surface area contributed by atoms with Crippen LogP contribution in [0.2, 0.25) is 0 Å². The predicted molar refractivity (Wildman–Crippen MR) is 74.8 cm³/mol. The monoisotopic (exact) mass is 354 g/mol. The molecule has 1 aromatic carbocycles. The van der Waals surface area contributed by atoms with Crippen molar-refractivity contribution in [3.8, 4) is 0 Å². The van der Waals surface area contributed by atoms with Gasteiger partial charge in [-0.05, 0) is 34.5 Å². The number of ether oxygens (including phenoxy) is 1. The summed E-state index contributed by atoms with van der Waals surface area (Å²) in [5.41, 5.74) is 5.18. The Morgan fingerprint density at radius 1 is 1.53 bits per heavy atom. The van der Waals surface area contributed by atoms with Crippen LogP contribution in [0.1, 0.15) is 13.3 Å². The van der Waals surface area contributed by atoms with Crippen LogP contribution in [0.3, 0.4) is 0 Å². The Labute approximate surface area is 120 Å². The van der Waals surface area contributed by atoms with Crippen molar-refractivity contribution in [2.45, 2.75) is 24.3 Å². The molecule has 0 aliphatic carbocycles. The van der Waals surface area contributed by atoms with E-state index >= 15 is 0 Å². The van der Waals surface area contributed by atoms with Gasteiger partial charge in [0.15, 0.2) is 0 Å². The zero-order valence-electron chi connectivity index (χ0n) is 10.6. The Hall–Kier alpha value is -0.700. The first kappa shape index (κ1) is 16.4. The molecule has 5 nitrogen and oxygen atoms in total. The van der Waals surface area contributed by atoms with Gasteiger partial charge in [-0.1, -0.05) is 6.92 Å². The number of rotatable bonds is 6. The van der Waals surface area contributed by atoms with Crippen LogP contribution >= 0.6 is 15.9 Å². The molecule has 1 unspecified atom stereocenters. The van der Waals surface area contributed by atoms with Gasteiger partial charge in [0.25, 0.3) is 0 Å². The summed E-state index contributed by atoms with van der Waals surface area (Å²) in [5.74, 6) is -0.672.